The van der Waals surface area contributed by atoms with Crippen LogP contribution in [-0.4, -0.2) is 36.1 Å². The minimum atomic E-state index is -0.148. The SMILES string of the molecule is Cc1cccc(C)c1NC(=O)C1([N+]2(C)CCCC2)CC1. The van der Waals surface area contributed by atoms with Crippen LogP contribution in [0.5, 0.6) is 0 Å². The van der Waals surface area contributed by atoms with E-state index in [9.17, 15) is 4.79 Å². The van der Waals surface area contributed by atoms with Gasteiger partial charge in [-0.05, 0) is 25.0 Å². The smallest absolute Gasteiger partial charge is 0.285 e. The van der Waals surface area contributed by atoms with Gasteiger partial charge in [0, 0.05) is 31.4 Å². The normalized spacial score (nSPS) is 22.6. The van der Waals surface area contributed by atoms with Crippen molar-refractivity contribution in [3.05, 3.63) is 29.3 Å². The number of likely N-dealkylation sites (N-methyl/N-ethyl adjacent to an activating group) is 1. The minimum Gasteiger partial charge on any atom is -0.320 e. The Morgan fingerprint density at radius 1 is 1.15 bits per heavy atom. The fraction of sp³-hybridized carbons (Fsp3) is 0.588. The van der Waals surface area contributed by atoms with Gasteiger partial charge in [0.2, 0.25) is 0 Å². The van der Waals surface area contributed by atoms with E-state index in [1.54, 1.807) is 0 Å². The van der Waals surface area contributed by atoms with Gasteiger partial charge in [-0.15, -0.1) is 0 Å². The molecule has 1 aromatic carbocycles. The third-order valence-corrected chi connectivity index (χ3v) is 5.45. The summed E-state index contributed by atoms with van der Waals surface area (Å²) >= 11 is 0. The summed E-state index contributed by atoms with van der Waals surface area (Å²) in [6, 6.07) is 6.17. The van der Waals surface area contributed by atoms with E-state index in [4.69, 9.17) is 0 Å². The van der Waals surface area contributed by atoms with E-state index in [2.05, 4.69) is 38.3 Å². The zero-order chi connectivity index (χ0) is 14.4. The maximum absolute atomic E-state index is 12.9. The molecule has 108 valence electrons. The number of carbonyl (C=O) groups is 1. The highest BCUT2D eigenvalue weighted by atomic mass is 16.2. The molecule has 2 aliphatic rings. The van der Waals surface area contributed by atoms with Crippen LogP contribution in [0.25, 0.3) is 0 Å². The Hall–Kier alpha value is -1.35. The molecule has 1 saturated heterocycles. The highest BCUT2D eigenvalue weighted by Gasteiger charge is 2.64. The van der Waals surface area contributed by atoms with Gasteiger partial charge in [-0.25, -0.2) is 0 Å². The highest BCUT2D eigenvalue weighted by Crippen LogP contribution is 2.49. The number of nitrogens with zero attached hydrogens (tertiary/aromatic N) is 1. The Labute approximate surface area is 121 Å². The van der Waals surface area contributed by atoms with Crippen molar-refractivity contribution in [1.82, 2.24) is 0 Å². The average molecular weight is 273 g/mol. The first-order chi connectivity index (χ1) is 9.48. The van der Waals surface area contributed by atoms with Crippen molar-refractivity contribution in [2.24, 2.45) is 0 Å². The van der Waals surface area contributed by atoms with Crippen molar-refractivity contribution in [3.63, 3.8) is 0 Å². The van der Waals surface area contributed by atoms with Crippen LogP contribution in [0.3, 0.4) is 0 Å². The zero-order valence-electron chi connectivity index (χ0n) is 12.8. The number of likely N-dealkylation sites (tertiary alicyclic amines) is 1. The Bertz CT molecular complexity index is 520. The van der Waals surface area contributed by atoms with Gasteiger partial charge in [0.25, 0.3) is 5.91 Å². The monoisotopic (exact) mass is 273 g/mol. The molecule has 1 saturated carbocycles. The van der Waals surface area contributed by atoms with Crippen molar-refractivity contribution in [3.8, 4) is 0 Å². The molecule has 1 amide bonds. The second kappa shape index (κ2) is 4.59. The number of benzene rings is 1. The first kappa shape index (κ1) is 13.6. The lowest BCUT2D eigenvalue weighted by molar-refractivity contribution is -0.923. The maximum Gasteiger partial charge on any atom is 0.285 e. The number of rotatable bonds is 3. The third-order valence-electron chi connectivity index (χ3n) is 5.45. The number of hydrogen-bond acceptors (Lipinski definition) is 1. The van der Waals surface area contributed by atoms with Crippen LogP contribution in [0.15, 0.2) is 18.2 Å². The van der Waals surface area contributed by atoms with Crippen molar-refractivity contribution >= 4 is 11.6 Å². The Morgan fingerprint density at radius 2 is 1.70 bits per heavy atom. The molecule has 1 aliphatic carbocycles. The molecule has 0 radical (unpaired) electrons. The van der Waals surface area contributed by atoms with Gasteiger partial charge in [-0.3, -0.25) is 4.79 Å². The number of amides is 1. The number of aryl methyl sites for hydroxylation is 2. The number of nitrogens with one attached hydrogen (secondary N) is 1. The number of hydrogen-bond donors (Lipinski definition) is 1. The fourth-order valence-electron chi connectivity index (χ4n) is 3.83. The Kier molecular flexibility index (Phi) is 3.13. The zero-order valence-corrected chi connectivity index (χ0v) is 12.8. The van der Waals surface area contributed by atoms with Crippen LogP contribution >= 0.6 is 0 Å². The molecule has 20 heavy (non-hydrogen) atoms. The summed E-state index contributed by atoms with van der Waals surface area (Å²) in [5, 5.41) is 3.23. The van der Waals surface area contributed by atoms with E-state index >= 15 is 0 Å². The van der Waals surface area contributed by atoms with Crippen molar-refractivity contribution in [1.29, 1.82) is 0 Å². The van der Waals surface area contributed by atoms with E-state index in [1.165, 1.54) is 12.8 Å². The van der Waals surface area contributed by atoms with Gasteiger partial charge in [0.1, 0.15) is 0 Å². The summed E-state index contributed by atoms with van der Waals surface area (Å²) in [5.74, 6) is 0.235. The first-order valence-electron chi connectivity index (χ1n) is 7.71. The largest absolute Gasteiger partial charge is 0.320 e. The second-order valence-electron chi connectivity index (χ2n) is 6.80. The van der Waals surface area contributed by atoms with E-state index in [1.807, 2.05) is 6.07 Å². The summed E-state index contributed by atoms with van der Waals surface area (Å²) in [5.41, 5.74) is 3.16. The summed E-state index contributed by atoms with van der Waals surface area (Å²) in [6.07, 6.45) is 4.60. The standard InChI is InChI=1S/C17H24N2O/c1-13-7-6-8-14(2)15(13)18-16(20)17(9-10-17)19(3)11-4-5-12-19/h6-8H,4-5,9-12H2,1-3H3/p+1. The van der Waals surface area contributed by atoms with Gasteiger partial charge < -0.3 is 9.80 Å². The molecule has 0 unspecified atom stereocenters. The molecule has 3 rings (SSSR count). The molecule has 0 spiro atoms. The van der Waals surface area contributed by atoms with Gasteiger partial charge in [0.05, 0.1) is 20.1 Å². The van der Waals surface area contributed by atoms with Gasteiger partial charge >= 0.3 is 0 Å². The summed E-state index contributed by atoms with van der Waals surface area (Å²) in [4.78, 5) is 12.9. The lowest BCUT2D eigenvalue weighted by Gasteiger charge is -2.37. The van der Waals surface area contributed by atoms with Gasteiger partial charge in [0.15, 0.2) is 5.54 Å². The number of carbonyl (C=O) groups excluding carboxylic acids is 1. The maximum atomic E-state index is 12.9. The van der Waals surface area contributed by atoms with Crippen LogP contribution in [0, 0.1) is 13.8 Å². The molecule has 1 aromatic rings. The van der Waals surface area contributed by atoms with Crippen LogP contribution in [0.2, 0.25) is 0 Å². The second-order valence-corrected chi connectivity index (χ2v) is 6.80. The van der Waals surface area contributed by atoms with Crippen molar-refractivity contribution in [2.45, 2.75) is 45.1 Å². The predicted octanol–water partition coefficient (Wildman–Crippen LogP) is 3.01. The molecule has 0 atom stereocenters. The molecule has 2 fully saturated rings. The minimum absolute atomic E-state index is 0.148. The number of quaternary nitrogens is 1. The lowest BCUT2D eigenvalue weighted by Crippen LogP contribution is -2.57. The third kappa shape index (κ3) is 1.96. The molecule has 3 heteroatoms. The van der Waals surface area contributed by atoms with E-state index in [-0.39, 0.29) is 11.4 Å². The summed E-state index contributed by atoms with van der Waals surface area (Å²) in [6.45, 7) is 6.43. The summed E-state index contributed by atoms with van der Waals surface area (Å²) in [7, 11) is 2.27. The quantitative estimate of drug-likeness (QED) is 0.843. The molecule has 1 heterocycles. The number of para-hydroxylation sites is 1. The molecular formula is C17H25N2O+. The van der Waals surface area contributed by atoms with Gasteiger partial charge in [-0.1, -0.05) is 18.2 Å². The predicted molar refractivity (Wildman–Crippen MR) is 81.7 cm³/mol. The van der Waals surface area contributed by atoms with Crippen molar-refractivity contribution < 1.29 is 9.28 Å². The molecule has 0 bridgehead atoms. The van der Waals surface area contributed by atoms with Crippen LogP contribution in [0.1, 0.15) is 36.8 Å². The topological polar surface area (TPSA) is 29.1 Å². The highest BCUT2D eigenvalue weighted by molar-refractivity contribution is 6.00. The molecule has 0 aromatic heterocycles. The molecule has 1 aliphatic heterocycles. The number of anilines is 1. The summed E-state index contributed by atoms with van der Waals surface area (Å²) < 4.78 is 0.948. The van der Waals surface area contributed by atoms with Gasteiger partial charge in [-0.2, -0.15) is 0 Å². The van der Waals surface area contributed by atoms with Crippen LogP contribution < -0.4 is 5.32 Å². The van der Waals surface area contributed by atoms with E-state index < -0.39 is 0 Å². The average Bonchev–Trinajstić information content (AvgIpc) is 3.12. The van der Waals surface area contributed by atoms with Crippen LogP contribution in [0.4, 0.5) is 5.69 Å². The molecule has 3 nitrogen and oxygen atoms in total. The fourth-order valence-corrected chi connectivity index (χ4v) is 3.83. The Balaban J connectivity index is 1.83. The first-order valence-corrected chi connectivity index (χ1v) is 7.71. The van der Waals surface area contributed by atoms with E-state index in [0.717, 1.165) is 47.2 Å². The Morgan fingerprint density at radius 3 is 2.20 bits per heavy atom. The van der Waals surface area contributed by atoms with E-state index in [0.29, 0.717) is 0 Å². The van der Waals surface area contributed by atoms with Crippen LogP contribution in [-0.2, 0) is 4.79 Å². The molecule has 1 N–H and O–H groups in total. The molecular weight excluding hydrogens is 248 g/mol. The lowest BCUT2D eigenvalue weighted by atomic mass is 10.1. The van der Waals surface area contributed by atoms with Crippen molar-refractivity contribution in [2.75, 3.05) is 25.5 Å².